The normalized spacial score (nSPS) is 11.2. The lowest BCUT2D eigenvalue weighted by molar-refractivity contribution is -0.137. The minimum atomic E-state index is -4.46. The van der Waals surface area contributed by atoms with E-state index in [9.17, 15) is 13.2 Å². The lowest BCUT2D eigenvalue weighted by Crippen LogP contribution is -2.06. The summed E-state index contributed by atoms with van der Waals surface area (Å²) in [5, 5.41) is 12.5. The largest absolute Gasteiger partial charge is 0.416 e. The SMILES string of the molecule is CCc1nc(Nc2ccc(C(F)(F)F)cc2C#N)sc1C. The number of anilines is 2. The van der Waals surface area contributed by atoms with Crippen LogP contribution in [-0.2, 0) is 12.6 Å². The zero-order valence-electron chi connectivity index (χ0n) is 11.4. The molecule has 0 spiro atoms. The number of hydrogen-bond donors (Lipinski definition) is 1. The van der Waals surface area contributed by atoms with Crippen molar-refractivity contribution in [2.45, 2.75) is 26.4 Å². The van der Waals surface area contributed by atoms with Crippen molar-refractivity contribution in [2.24, 2.45) is 0 Å². The Morgan fingerprint density at radius 1 is 1.38 bits per heavy atom. The maximum absolute atomic E-state index is 12.6. The molecular weight excluding hydrogens is 299 g/mol. The summed E-state index contributed by atoms with van der Waals surface area (Å²) in [7, 11) is 0. The number of aromatic nitrogens is 1. The van der Waals surface area contributed by atoms with Gasteiger partial charge in [-0.2, -0.15) is 18.4 Å². The smallest absolute Gasteiger partial charge is 0.330 e. The number of rotatable bonds is 3. The van der Waals surface area contributed by atoms with Crippen LogP contribution in [0.15, 0.2) is 18.2 Å². The number of alkyl halides is 3. The van der Waals surface area contributed by atoms with Crippen LogP contribution < -0.4 is 5.32 Å². The van der Waals surface area contributed by atoms with Crippen LogP contribution in [0.1, 0.15) is 28.6 Å². The number of nitrogens with zero attached hydrogens (tertiary/aromatic N) is 2. The van der Waals surface area contributed by atoms with Gasteiger partial charge in [0.1, 0.15) is 6.07 Å². The fraction of sp³-hybridized carbons (Fsp3) is 0.286. The van der Waals surface area contributed by atoms with Crippen molar-refractivity contribution in [3.63, 3.8) is 0 Å². The van der Waals surface area contributed by atoms with Crippen LogP contribution in [0.4, 0.5) is 24.0 Å². The van der Waals surface area contributed by atoms with Crippen molar-refractivity contribution < 1.29 is 13.2 Å². The number of benzene rings is 1. The Morgan fingerprint density at radius 2 is 2.10 bits per heavy atom. The highest BCUT2D eigenvalue weighted by Crippen LogP contribution is 2.33. The van der Waals surface area contributed by atoms with Gasteiger partial charge in [-0.3, -0.25) is 0 Å². The summed E-state index contributed by atoms with van der Waals surface area (Å²) in [6, 6.07) is 4.82. The van der Waals surface area contributed by atoms with Crippen molar-refractivity contribution >= 4 is 22.2 Å². The summed E-state index contributed by atoms with van der Waals surface area (Å²) < 4.78 is 37.9. The Hall–Kier alpha value is -2.07. The van der Waals surface area contributed by atoms with Gasteiger partial charge < -0.3 is 5.32 Å². The maximum Gasteiger partial charge on any atom is 0.416 e. The van der Waals surface area contributed by atoms with Crippen LogP contribution >= 0.6 is 11.3 Å². The molecule has 0 fully saturated rings. The van der Waals surface area contributed by atoms with E-state index in [0.29, 0.717) is 10.8 Å². The van der Waals surface area contributed by atoms with Crippen molar-refractivity contribution in [2.75, 3.05) is 5.32 Å². The first-order valence-electron chi connectivity index (χ1n) is 6.19. The van der Waals surface area contributed by atoms with E-state index in [-0.39, 0.29) is 5.56 Å². The first kappa shape index (κ1) is 15.3. The van der Waals surface area contributed by atoms with Crippen LogP contribution in [0, 0.1) is 18.3 Å². The Balaban J connectivity index is 2.34. The van der Waals surface area contributed by atoms with Crippen molar-refractivity contribution in [3.05, 3.63) is 39.9 Å². The van der Waals surface area contributed by atoms with Gasteiger partial charge in [0.05, 0.1) is 22.5 Å². The summed E-state index contributed by atoms with van der Waals surface area (Å²) in [5.41, 5.74) is 0.361. The molecule has 1 heterocycles. The highest BCUT2D eigenvalue weighted by Gasteiger charge is 2.31. The van der Waals surface area contributed by atoms with E-state index in [4.69, 9.17) is 5.26 Å². The van der Waals surface area contributed by atoms with E-state index in [1.54, 1.807) is 6.07 Å². The fourth-order valence-electron chi connectivity index (χ4n) is 1.85. The van der Waals surface area contributed by atoms with Gasteiger partial charge in [-0.15, -0.1) is 11.3 Å². The van der Waals surface area contributed by atoms with Gasteiger partial charge in [-0.25, -0.2) is 4.98 Å². The second-order valence-corrected chi connectivity index (χ2v) is 5.57. The number of aryl methyl sites for hydroxylation is 2. The Bertz CT molecular complexity index is 698. The second-order valence-electron chi connectivity index (χ2n) is 4.37. The third-order valence-electron chi connectivity index (χ3n) is 2.94. The first-order chi connectivity index (χ1) is 9.85. The predicted molar refractivity (Wildman–Crippen MR) is 75.7 cm³/mol. The number of hydrogen-bond acceptors (Lipinski definition) is 4. The zero-order chi connectivity index (χ0) is 15.6. The molecule has 7 heteroatoms. The number of halogens is 3. The third kappa shape index (κ3) is 3.34. The van der Waals surface area contributed by atoms with Gasteiger partial charge in [0.25, 0.3) is 0 Å². The minimum Gasteiger partial charge on any atom is -0.330 e. The molecule has 2 aromatic rings. The van der Waals surface area contributed by atoms with E-state index < -0.39 is 11.7 Å². The van der Waals surface area contributed by atoms with Gasteiger partial charge >= 0.3 is 6.18 Å². The van der Waals surface area contributed by atoms with Crippen LogP contribution in [-0.4, -0.2) is 4.98 Å². The van der Waals surface area contributed by atoms with Crippen molar-refractivity contribution in [1.82, 2.24) is 4.98 Å². The summed E-state index contributed by atoms with van der Waals surface area (Å²) >= 11 is 1.41. The molecule has 1 N–H and O–H groups in total. The molecule has 110 valence electrons. The number of nitriles is 1. The molecule has 0 unspecified atom stereocenters. The number of thiazole rings is 1. The molecule has 2 rings (SSSR count). The zero-order valence-corrected chi connectivity index (χ0v) is 12.2. The quantitative estimate of drug-likeness (QED) is 0.897. The predicted octanol–water partition coefficient (Wildman–Crippen LogP) is 4.65. The molecule has 0 saturated heterocycles. The van der Waals surface area contributed by atoms with E-state index in [1.807, 2.05) is 13.8 Å². The molecule has 1 aromatic carbocycles. The number of nitrogens with one attached hydrogen (secondary N) is 1. The molecule has 3 nitrogen and oxygen atoms in total. The molecule has 0 bridgehead atoms. The lowest BCUT2D eigenvalue weighted by atomic mass is 10.1. The third-order valence-corrected chi connectivity index (χ3v) is 3.87. The van der Waals surface area contributed by atoms with Crippen LogP contribution in [0.3, 0.4) is 0 Å². The summed E-state index contributed by atoms with van der Waals surface area (Å²) in [6.07, 6.45) is -3.68. The van der Waals surface area contributed by atoms with Crippen molar-refractivity contribution in [1.29, 1.82) is 5.26 Å². The van der Waals surface area contributed by atoms with E-state index in [2.05, 4.69) is 10.3 Å². The molecule has 0 saturated carbocycles. The van der Waals surface area contributed by atoms with Gasteiger partial charge in [0.2, 0.25) is 0 Å². The maximum atomic E-state index is 12.6. The molecular formula is C14H12F3N3S. The van der Waals surface area contributed by atoms with E-state index in [0.717, 1.165) is 29.1 Å². The molecule has 0 amide bonds. The average Bonchev–Trinajstić information content (AvgIpc) is 2.78. The van der Waals surface area contributed by atoms with Crippen molar-refractivity contribution in [3.8, 4) is 6.07 Å². The highest BCUT2D eigenvalue weighted by molar-refractivity contribution is 7.15. The van der Waals surface area contributed by atoms with E-state index in [1.165, 1.54) is 17.4 Å². The molecule has 21 heavy (non-hydrogen) atoms. The monoisotopic (exact) mass is 311 g/mol. The lowest BCUT2D eigenvalue weighted by Gasteiger charge is -2.10. The molecule has 0 aliphatic heterocycles. The average molecular weight is 311 g/mol. The van der Waals surface area contributed by atoms with Gasteiger partial charge in [0.15, 0.2) is 5.13 Å². The van der Waals surface area contributed by atoms with Crippen LogP contribution in [0.2, 0.25) is 0 Å². The molecule has 1 aromatic heterocycles. The van der Waals surface area contributed by atoms with Gasteiger partial charge in [0, 0.05) is 4.88 Å². The van der Waals surface area contributed by atoms with Gasteiger partial charge in [-0.1, -0.05) is 6.92 Å². The Kier molecular flexibility index (Phi) is 4.19. The molecule has 0 radical (unpaired) electrons. The highest BCUT2D eigenvalue weighted by atomic mass is 32.1. The topological polar surface area (TPSA) is 48.7 Å². The molecule has 0 atom stereocenters. The first-order valence-corrected chi connectivity index (χ1v) is 7.01. The second kappa shape index (κ2) is 5.74. The standard InChI is InChI=1S/C14H12F3N3S/c1-3-11-8(2)21-13(19-11)20-12-5-4-10(14(15,16)17)6-9(12)7-18/h4-6H,3H2,1-2H3,(H,19,20). The van der Waals surface area contributed by atoms with Crippen LogP contribution in [0.5, 0.6) is 0 Å². The summed E-state index contributed by atoms with van der Waals surface area (Å²) in [4.78, 5) is 5.39. The molecule has 0 aliphatic rings. The molecule has 0 aliphatic carbocycles. The summed E-state index contributed by atoms with van der Waals surface area (Å²) in [6.45, 7) is 3.91. The van der Waals surface area contributed by atoms with Crippen LogP contribution in [0.25, 0.3) is 0 Å². The Labute approximate surface area is 124 Å². The summed E-state index contributed by atoms with van der Waals surface area (Å²) in [5.74, 6) is 0. The van der Waals surface area contributed by atoms with E-state index >= 15 is 0 Å². The van der Waals surface area contributed by atoms with Gasteiger partial charge in [-0.05, 0) is 31.5 Å². The minimum absolute atomic E-state index is 0.0595. The Morgan fingerprint density at radius 3 is 2.62 bits per heavy atom. The fourth-order valence-corrected chi connectivity index (χ4v) is 2.76.